The van der Waals surface area contributed by atoms with E-state index in [2.05, 4.69) is 36.2 Å². The zero-order valence-electron chi connectivity index (χ0n) is 34.6. The van der Waals surface area contributed by atoms with Gasteiger partial charge in [0.25, 0.3) is 5.91 Å². The van der Waals surface area contributed by atoms with Gasteiger partial charge in [0.15, 0.2) is 6.61 Å². The molecule has 0 radical (unpaired) electrons. The SMILES string of the molecule is CC[C@@H](C)[C@H](NC(=O)[C@H](C(C)C)[C@@H](O)[C@H](O)[C@H](CC1CCCCC1)NC(=O)[C@H](Cc1cnc[nH]1)NC(=O)COc1cccc2ccccc12)C(=O)NCc1ccccn1. The normalized spacial score (nSPS) is 16.9. The molecule has 5 rings (SSSR count). The average molecular weight is 812 g/mol. The molecule has 0 saturated heterocycles. The highest BCUT2D eigenvalue weighted by atomic mass is 16.5. The Bertz CT molecular complexity index is 1930. The first kappa shape index (κ1) is 44.8. The number of ether oxygens (including phenoxy) is 1. The molecule has 0 spiro atoms. The number of fused-ring (bicyclic) bond motifs is 1. The number of aromatic nitrogens is 3. The molecule has 1 aliphatic carbocycles. The first-order valence-electron chi connectivity index (χ1n) is 21.0. The van der Waals surface area contributed by atoms with Gasteiger partial charge < -0.3 is 41.2 Å². The van der Waals surface area contributed by atoms with Crippen molar-refractivity contribution in [2.24, 2.45) is 23.7 Å². The minimum absolute atomic E-state index is 0.0665. The molecule has 7 atom stereocenters. The summed E-state index contributed by atoms with van der Waals surface area (Å²) >= 11 is 0. The third-order valence-electron chi connectivity index (χ3n) is 11.5. The van der Waals surface area contributed by atoms with Gasteiger partial charge in [-0.2, -0.15) is 0 Å². The molecule has 14 heteroatoms. The van der Waals surface area contributed by atoms with E-state index in [4.69, 9.17) is 4.74 Å². The lowest BCUT2D eigenvalue weighted by molar-refractivity contribution is -0.141. The van der Waals surface area contributed by atoms with Crippen molar-refractivity contribution in [3.63, 3.8) is 0 Å². The lowest BCUT2D eigenvalue weighted by Crippen LogP contribution is -2.59. The van der Waals surface area contributed by atoms with Crippen molar-refractivity contribution < 1.29 is 34.1 Å². The number of carbonyl (C=O) groups excluding carboxylic acids is 4. The summed E-state index contributed by atoms with van der Waals surface area (Å²) in [5.41, 5.74) is 1.27. The maximum Gasteiger partial charge on any atom is 0.258 e. The number of aromatic amines is 1. The van der Waals surface area contributed by atoms with Gasteiger partial charge in [-0.25, -0.2) is 4.98 Å². The Kier molecular flexibility index (Phi) is 16.8. The summed E-state index contributed by atoms with van der Waals surface area (Å²) in [7, 11) is 0. The number of rotatable bonds is 21. The lowest BCUT2D eigenvalue weighted by atomic mass is 9.79. The van der Waals surface area contributed by atoms with Gasteiger partial charge in [-0.1, -0.05) is 109 Å². The summed E-state index contributed by atoms with van der Waals surface area (Å²) in [6, 6.07) is 15.7. The number of benzene rings is 2. The predicted molar refractivity (Wildman–Crippen MR) is 225 cm³/mol. The van der Waals surface area contributed by atoms with Crippen LogP contribution in [0.3, 0.4) is 0 Å². The fourth-order valence-corrected chi connectivity index (χ4v) is 7.92. The van der Waals surface area contributed by atoms with Crippen LogP contribution in [0.5, 0.6) is 5.75 Å². The second kappa shape index (κ2) is 22.1. The number of H-pyrrole nitrogens is 1. The summed E-state index contributed by atoms with van der Waals surface area (Å²) < 4.78 is 5.91. The topological polar surface area (TPSA) is 208 Å². The highest BCUT2D eigenvalue weighted by molar-refractivity contribution is 5.91. The van der Waals surface area contributed by atoms with E-state index in [0.717, 1.165) is 42.9 Å². The maximum atomic E-state index is 14.2. The van der Waals surface area contributed by atoms with Crippen LogP contribution in [-0.2, 0) is 32.1 Å². The Morgan fingerprint density at radius 3 is 2.31 bits per heavy atom. The van der Waals surface area contributed by atoms with Crippen molar-refractivity contribution in [2.45, 2.75) is 116 Å². The van der Waals surface area contributed by atoms with E-state index in [-0.39, 0.29) is 37.3 Å². The molecule has 0 unspecified atom stereocenters. The van der Waals surface area contributed by atoms with Crippen molar-refractivity contribution in [2.75, 3.05) is 6.61 Å². The van der Waals surface area contributed by atoms with Gasteiger partial charge in [-0.15, -0.1) is 0 Å². The second-order valence-corrected chi connectivity index (χ2v) is 16.2. The number of amides is 4. The molecule has 0 bridgehead atoms. The van der Waals surface area contributed by atoms with Crippen molar-refractivity contribution in [3.05, 3.63) is 90.8 Å². The average Bonchev–Trinajstić information content (AvgIpc) is 3.76. The van der Waals surface area contributed by atoms with Crippen molar-refractivity contribution >= 4 is 34.4 Å². The molecule has 7 N–H and O–H groups in total. The van der Waals surface area contributed by atoms with Crippen LogP contribution in [0, 0.1) is 23.7 Å². The molecule has 59 heavy (non-hydrogen) atoms. The van der Waals surface area contributed by atoms with Gasteiger partial charge in [-0.3, -0.25) is 24.2 Å². The second-order valence-electron chi connectivity index (χ2n) is 16.2. The number of hydrogen-bond donors (Lipinski definition) is 7. The molecule has 14 nitrogen and oxygen atoms in total. The highest BCUT2D eigenvalue weighted by Gasteiger charge is 2.41. The zero-order valence-corrected chi connectivity index (χ0v) is 34.6. The van der Waals surface area contributed by atoms with E-state index in [9.17, 15) is 29.4 Å². The lowest BCUT2D eigenvalue weighted by Gasteiger charge is -2.37. The van der Waals surface area contributed by atoms with E-state index in [1.54, 1.807) is 44.4 Å². The molecule has 1 fully saturated rings. The van der Waals surface area contributed by atoms with E-state index in [0.29, 0.717) is 30.0 Å². The van der Waals surface area contributed by atoms with Gasteiger partial charge in [0.1, 0.15) is 23.9 Å². The van der Waals surface area contributed by atoms with Crippen molar-refractivity contribution in [3.8, 4) is 5.75 Å². The summed E-state index contributed by atoms with van der Waals surface area (Å²) in [6.45, 7) is 7.16. The number of nitrogens with one attached hydrogen (secondary N) is 5. The number of aliphatic hydroxyl groups is 2. The van der Waals surface area contributed by atoms with Gasteiger partial charge in [0.2, 0.25) is 17.7 Å². The first-order chi connectivity index (χ1) is 28.4. The minimum atomic E-state index is -1.60. The summed E-state index contributed by atoms with van der Waals surface area (Å²) in [5.74, 6) is -3.19. The molecule has 0 aliphatic heterocycles. The molecule has 1 aliphatic rings. The number of nitrogens with zero attached hydrogens (tertiary/aromatic N) is 2. The van der Waals surface area contributed by atoms with Gasteiger partial charge >= 0.3 is 0 Å². The van der Waals surface area contributed by atoms with Crippen molar-refractivity contribution in [1.29, 1.82) is 0 Å². The molecule has 2 aromatic heterocycles. The molecule has 2 aromatic carbocycles. The van der Waals surface area contributed by atoms with Crippen LogP contribution in [0.4, 0.5) is 0 Å². The van der Waals surface area contributed by atoms with Gasteiger partial charge in [0.05, 0.1) is 36.6 Å². The Hall–Kier alpha value is -5.34. The van der Waals surface area contributed by atoms with E-state index >= 15 is 0 Å². The Labute approximate surface area is 346 Å². The highest BCUT2D eigenvalue weighted by Crippen LogP contribution is 2.30. The zero-order chi connectivity index (χ0) is 42.3. The fraction of sp³-hybridized carbons (Fsp3) is 0.511. The monoisotopic (exact) mass is 811 g/mol. The molecule has 4 aromatic rings. The number of carbonyl (C=O) groups is 4. The van der Waals surface area contributed by atoms with Crippen LogP contribution in [0.2, 0.25) is 0 Å². The fourth-order valence-electron chi connectivity index (χ4n) is 7.92. The van der Waals surface area contributed by atoms with Crippen LogP contribution >= 0.6 is 0 Å². The predicted octanol–water partition coefficient (Wildman–Crippen LogP) is 4.36. The van der Waals surface area contributed by atoms with Crippen LogP contribution < -0.4 is 26.0 Å². The Balaban J connectivity index is 1.32. The summed E-state index contributed by atoms with van der Waals surface area (Å²) in [6.07, 6.45) is 7.45. The third-order valence-corrected chi connectivity index (χ3v) is 11.5. The number of hydrogen-bond acceptors (Lipinski definition) is 9. The van der Waals surface area contributed by atoms with Crippen LogP contribution in [-0.4, -0.2) is 85.7 Å². The summed E-state index contributed by atoms with van der Waals surface area (Å²) in [4.78, 5) is 66.5. The molecular weight excluding hydrogens is 751 g/mol. The maximum absolute atomic E-state index is 14.2. The number of imidazole rings is 1. The number of aliphatic hydroxyl groups excluding tert-OH is 2. The molecular formula is C45H61N7O7. The number of pyridine rings is 1. The van der Waals surface area contributed by atoms with E-state index in [1.807, 2.05) is 56.3 Å². The summed E-state index contributed by atoms with van der Waals surface area (Å²) in [5, 5.41) is 37.2. The smallest absolute Gasteiger partial charge is 0.258 e. The van der Waals surface area contributed by atoms with Crippen LogP contribution in [0.15, 0.2) is 79.4 Å². The molecule has 1 saturated carbocycles. The first-order valence-corrected chi connectivity index (χ1v) is 21.0. The molecule has 2 heterocycles. The van der Waals surface area contributed by atoms with E-state index < -0.39 is 59.9 Å². The van der Waals surface area contributed by atoms with E-state index in [1.165, 1.54) is 6.33 Å². The van der Waals surface area contributed by atoms with Gasteiger partial charge in [0, 0.05) is 29.9 Å². The van der Waals surface area contributed by atoms with Gasteiger partial charge in [-0.05, 0) is 47.8 Å². The standard InChI is InChI=1S/C45H61N7O7/c1-5-29(4)40(45(58)48-25-32-18-11-12-21-47-32)52-44(57)39(28(2)3)42(55)41(54)35(22-30-14-7-6-8-15-30)51-43(56)36(23-33-24-46-27-49-33)50-38(53)26-59-37-20-13-17-31-16-9-10-19-34(31)37/h9-13,16-21,24,27-30,35-36,39-42,54-55H,5-8,14-15,22-23,25-26H2,1-4H3,(H,46,49)(H,48,58)(H,50,53)(H,51,56)(H,52,57)/t29-,35+,36+,39-,40+,41-,42-/m1/s1. The molecule has 318 valence electrons. The largest absolute Gasteiger partial charge is 0.483 e. The minimum Gasteiger partial charge on any atom is -0.483 e. The third kappa shape index (κ3) is 12.8. The Morgan fingerprint density at radius 2 is 1.61 bits per heavy atom. The molecule has 4 amide bonds. The van der Waals surface area contributed by atoms with Crippen molar-refractivity contribution in [1.82, 2.24) is 36.2 Å². The van der Waals surface area contributed by atoms with Crippen LogP contribution in [0.25, 0.3) is 10.8 Å². The van der Waals surface area contributed by atoms with Crippen LogP contribution in [0.1, 0.15) is 84.0 Å². The Morgan fingerprint density at radius 1 is 0.864 bits per heavy atom. The quantitative estimate of drug-likeness (QED) is 0.0637.